The molecule has 0 N–H and O–H groups in total. The second-order valence-corrected chi connectivity index (χ2v) is 4.52. The first-order valence-electron chi connectivity index (χ1n) is 5.22. The molecule has 2 saturated heterocycles. The van der Waals surface area contributed by atoms with Crippen molar-refractivity contribution in [3.8, 4) is 0 Å². The molecule has 0 aromatic heterocycles. The summed E-state index contributed by atoms with van der Waals surface area (Å²) in [7, 11) is 4.48. The van der Waals surface area contributed by atoms with Crippen molar-refractivity contribution in [3.05, 3.63) is 14.4 Å². The number of ketones is 1. The van der Waals surface area contributed by atoms with Crippen LogP contribution in [0, 0.1) is 20.3 Å². The van der Waals surface area contributed by atoms with Crippen LogP contribution in [0.5, 0.6) is 0 Å². The van der Waals surface area contributed by atoms with E-state index >= 15 is 0 Å². The molecule has 0 saturated carbocycles. The monoisotopic (exact) mass is 396 g/mol. The number of carbonyl (C=O) groups is 1. The van der Waals surface area contributed by atoms with Crippen molar-refractivity contribution >= 4 is 5.78 Å². The number of likely N-dealkylation sites (tertiary alicyclic amines) is 2. The van der Waals surface area contributed by atoms with Gasteiger partial charge in [-0.3, -0.25) is 0 Å². The van der Waals surface area contributed by atoms with E-state index in [1.165, 1.54) is 33.0 Å². The van der Waals surface area contributed by atoms with Gasteiger partial charge in [0.25, 0.3) is 0 Å². The van der Waals surface area contributed by atoms with Gasteiger partial charge in [0.1, 0.15) is 0 Å². The minimum atomic E-state index is -0.0833. The maximum Gasteiger partial charge on any atom is 2.00 e. The molecule has 2 aliphatic heterocycles. The SMILES string of the molecule is CN1CC2CCN(C)C2C1.[CH2-]C(C)=O.[CH3-].[W+2]. The third-order valence-electron chi connectivity index (χ3n) is 3.01. The number of hydrogen-bond donors (Lipinski definition) is 0. The van der Waals surface area contributed by atoms with E-state index in [1.54, 1.807) is 0 Å². The topological polar surface area (TPSA) is 23.6 Å². The fourth-order valence-electron chi connectivity index (χ4n) is 2.38. The van der Waals surface area contributed by atoms with Crippen molar-refractivity contribution < 1.29 is 25.9 Å². The van der Waals surface area contributed by atoms with Crippen molar-refractivity contribution in [3.63, 3.8) is 0 Å². The molecule has 0 amide bonds. The molecule has 0 aliphatic carbocycles. The Morgan fingerprint density at radius 3 is 2.25 bits per heavy atom. The molecule has 2 aliphatic rings. The maximum atomic E-state index is 9.33. The Balaban J connectivity index is 0. The molecule has 0 aromatic carbocycles. The molecule has 2 rings (SSSR count). The number of nitrogens with zero attached hydrogens (tertiary/aromatic N) is 2. The molecule has 0 aromatic rings. The molecular weight excluding hydrogens is 372 g/mol. The van der Waals surface area contributed by atoms with Crippen LogP contribution >= 0.6 is 0 Å². The Morgan fingerprint density at radius 2 is 1.81 bits per heavy atom. The van der Waals surface area contributed by atoms with Gasteiger partial charge < -0.3 is 28.9 Å². The second kappa shape index (κ2) is 8.27. The van der Waals surface area contributed by atoms with Crippen molar-refractivity contribution in [2.45, 2.75) is 19.4 Å². The van der Waals surface area contributed by atoms with Crippen LogP contribution in [-0.4, -0.2) is 55.4 Å². The van der Waals surface area contributed by atoms with Gasteiger partial charge in [0, 0.05) is 19.1 Å². The fraction of sp³-hybridized carbons (Fsp3) is 0.750. The molecule has 16 heavy (non-hydrogen) atoms. The minimum absolute atomic E-state index is 0. The first-order valence-corrected chi connectivity index (χ1v) is 5.22. The fourth-order valence-corrected chi connectivity index (χ4v) is 2.38. The van der Waals surface area contributed by atoms with Crippen molar-refractivity contribution in [1.82, 2.24) is 9.80 Å². The van der Waals surface area contributed by atoms with E-state index < -0.39 is 0 Å². The Hall–Kier alpha value is 0.148. The van der Waals surface area contributed by atoms with Gasteiger partial charge >= 0.3 is 21.1 Å². The van der Waals surface area contributed by atoms with Crippen LogP contribution in [0.3, 0.4) is 0 Å². The molecule has 2 unspecified atom stereocenters. The van der Waals surface area contributed by atoms with Crippen LogP contribution in [0.25, 0.3) is 0 Å². The Labute approximate surface area is 115 Å². The molecular formula is C12H24N2OW. The van der Waals surface area contributed by atoms with E-state index in [0.717, 1.165) is 12.0 Å². The standard InChI is InChI=1S/C8H16N2.C3H5O.CH3.W/c1-9-5-7-3-4-10(2)8(7)6-9;1-3(2)4;;/h7-8H,3-6H2,1-2H3;1H2,2H3;1H3;/q;2*-1;+2. The van der Waals surface area contributed by atoms with Gasteiger partial charge in [-0.15, -0.1) is 0 Å². The summed E-state index contributed by atoms with van der Waals surface area (Å²) < 4.78 is 0. The average molecular weight is 396 g/mol. The van der Waals surface area contributed by atoms with Crippen molar-refractivity contribution in [1.29, 1.82) is 0 Å². The van der Waals surface area contributed by atoms with Gasteiger partial charge in [0.05, 0.1) is 0 Å². The Kier molecular flexibility index (Phi) is 9.57. The van der Waals surface area contributed by atoms with E-state index in [0.29, 0.717) is 0 Å². The average Bonchev–Trinajstić information content (AvgIpc) is 2.53. The number of fused-ring (bicyclic) bond motifs is 1. The third-order valence-corrected chi connectivity index (χ3v) is 3.01. The Bertz CT molecular complexity index is 207. The number of likely N-dealkylation sites (N-methyl/N-ethyl adjacent to an activating group) is 2. The second-order valence-electron chi connectivity index (χ2n) is 4.52. The van der Waals surface area contributed by atoms with Crippen LogP contribution in [0.2, 0.25) is 0 Å². The van der Waals surface area contributed by atoms with Crippen LogP contribution in [0.15, 0.2) is 0 Å². The number of rotatable bonds is 0. The molecule has 0 radical (unpaired) electrons. The first-order chi connectivity index (χ1) is 6.50. The summed E-state index contributed by atoms with van der Waals surface area (Å²) in [5.74, 6) is 0.898. The zero-order chi connectivity index (χ0) is 10.7. The molecule has 4 heteroatoms. The van der Waals surface area contributed by atoms with E-state index in [-0.39, 0.29) is 34.3 Å². The largest absolute Gasteiger partial charge is 2.00 e. The van der Waals surface area contributed by atoms with E-state index in [2.05, 4.69) is 30.8 Å². The molecule has 94 valence electrons. The zero-order valence-electron chi connectivity index (χ0n) is 10.9. The zero-order valence-corrected chi connectivity index (χ0v) is 13.8. The number of hydrogen-bond acceptors (Lipinski definition) is 3. The smallest absolute Gasteiger partial charge is 0.358 e. The van der Waals surface area contributed by atoms with Gasteiger partial charge in [0.15, 0.2) is 0 Å². The van der Waals surface area contributed by atoms with Crippen LogP contribution in [0.1, 0.15) is 13.3 Å². The molecule has 0 bridgehead atoms. The van der Waals surface area contributed by atoms with Gasteiger partial charge in [-0.05, 0) is 45.7 Å². The minimum Gasteiger partial charge on any atom is -0.358 e. The summed E-state index contributed by atoms with van der Waals surface area (Å²) >= 11 is 0. The van der Waals surface area contributed by atoms with Crippen LogP contribution in [-0.2, 0) is 25.9 Å². The molecule has 2 fully saturated rings. The van der Waals surface area contributed by atoms with Crippen molar-refractivity contribution in [2.24, 2.45) is 5.92 Å². The van der Waals surface area contributed by atoms with E-state index in [1.807, 2.05) is 0 Å². The van der Waals surface area contributed by atoms with E-state index in [4.69, 9.17) is 0 Å². The van der Waals surface area contributed by atoms with Crippen LogP contribution < -0.4 is 0 Å². The van der Waals surface area contributed by atoms with Gasteiger partial charge in [0.2, 0.25) is 0 Å². The van der Waals surface area contributed by atoms with Crippen molar-refractivity contribution in [2.75, 3.05) is 33.7 Å². The predicted molar refractivity (Wildman–Crippen MR) is 64.5 cm³/mol. The molecule has 3 nitrogen and oxygen atoms in total. The summed E-state index contributed by atoms with van der Waals surface area (Å²) in [6.45, 7) is 8.36. The summed E-state index contributed by atoms with van der Waals surface area (Å²) in [6.07, 6.45) is 1.42. The third kappa shape index (κ3) is 5.47. The van der Waals surface area contributed by atoms with Gasteiger partial charge in [-0.1, -0.05) is 0 Å². The molecule has 2 heterocycles. The first kappa shape index (κ1) is 18.5. The summed E-state index contributed by atoms with van der Waals surface area (Å²) in [5.41, 5.74) is 0. The summed E-state index contributed by atoms with van der Waals surface area (Å²) in [6, 6.07) is 0.880. The predicted octanol–water partition coefficient (Wildman–Crippen LogP) is 1.11. The maximum absolute atomic E-state index is 9.33. The normalized spacial score (nSPS) is 28.2. The Morgan fingerprint density at radius 1 is 1.31 bits per heavy atom. The summed E-state index contributed by atoms with van der Waals surface area (Å²) in [5, 5.41) is 0. The quantitative estimate of drug-likeness (QED) is 0.574. The number of Topliss-reactive ketones (excluding diaryl/α,β-unsaturated/α-hetero) is 1. The molecule has 2 atom stereocenters. The van der Waals surface area contributed by atoms with Crippen LogP contribution in [0.4, 0.5) is 0 Å². The van der Waals surface area contributed by atoms with Gasteiger partial charge in [-0.25, -0.2) is 0 Å². The number of carbonyl (C=O) groups excluding carboxylic acids is 1. The van der Waals surface area contributed by atoms with Gasteiger partial charge in [-0.2, -0.15) is 0 Å². The molecule has 0 spiro atoms. The summed E-state index contributed by atoms with van der Waals surface area (Å²) in [4.78, 5) is 14.3. The van der Waals surface area contributed by atoms with E-state index in [9.17, 15) is 4.79 Å².